The van der Waals surface area contributed by atoms with Gasteiger partial charge in [-0.3, -0.25) is 5.10 Å². The summed E-state index contributed by atoms with van der Waals surface area (Å²) >= 11 is 3.19. The van der Waals surface area contributed by atoms with Crippen LogP contribution >= 0.6 is 22.7 Å². The van der Waals surface area contributed by atoms with E-state index in [1.54, 1.807) is 22.7 Å². The number of anilines is 1. The third-order valence-electron chi connectivity index (χ3n) is 2.36. The number of nitrogen functional groups attached to an aromatic ring is 1. The zero-order valence-electron chi connectivity index (χ0n) is 9.10. The molecule has 0 saturated carbocycles. The van der Waals surface area contributed by atoms with Gasteiger partial charge in [0.25, 0.3) is 0 Å². The summed E-state index contributed by atoms with van der Waals surface area (Å²) in [6.07, 6.45) is 0. The Morgan fingerprint density at radius 1 is 1.41 bits per heavy atom. The van der Waals surface area contributed by atoms with Crippen molar-refractivity contribution < 1.29 is 0 Å². The van der Waals surface area contributed by atoms with Gasteiger partial charge < -0.3 is 5.73 Å². The Kier molecular flexibility index (Phi) is 2.45. The van der Waals surface area contributed by atoms with Crippen LogP contribution in [0.3, 0.4) is 0 Å². The maximum absolute atomic E-state index is 5.93. The van der Waals surface area contributed by atoms with Gasteiger partial charge in [-0.1, -0.05) is 6.07 Å². The zero-order valence-corrected chi connectivity index (χ0v) is 10.7. The SMILES string of the molecule is Cc1cc(-c2n[nH]c(-c3cccs3)n2)c(N)s1. The lowest BCUT2D eigenvalue weighted by Gasteiger charge is -1.90. The number of hydrogen-bond donors (Lipinski definition) is 2. The first-order chi connectivity index (χ1) is 8.24. The van der Waals surface area contributed by atoms with Gasteiger partial charge in [0.15, 0.2) is 11.6 Å². The molecule has 0 radical (unpaired) electrons. The van der Waals surface area contributed by atoms with Crippen LogP contribution < -0.4 is 5.73 Å². The second-order valence-corrected chi connectivity index (χ2v) is 5.86. The molecular formula is C11H10N4S2. The fourth-order valence-corrected chi connectivity index (χ4v) is 3.06. The molecule has 4 nitrogen and oxygen atoms in total. The number of nitrogens with zero attached hydrogens (tertiary/aromatic N) is 2. The minimum absolute atomic E-state index is 0.662. The Bertz CT molecular complexity index is 636. The number of thiophene rings is 2. The standard InChI is InChI=1S/C11H10N4S2/c1-6-5-7(9(12)17-6)10-13-11(15-14-10)8-3-2-4-16-8/h2-5H,12H2,1H3,(H,13,14,15). The molecule has 3 rings (SSSR count). The fourth-order valence-electron chi connectivity index (χ4n) is 1.61. The number of nitrogens with two attached hydrogens (primary N) is 1. The molecule has 0 aliphatic carbocycles. The predicted octanol–water partition coefficient (Wildman–Crippen LogP) is 3.15. The molecule has 0 amide bonds. The van der Waals surface area contributed by atoms with Gasteiger partial charge in [-0.2, -0.15) is 5.10 Å². The van der Waals surface area contributed by atoms with E-state index in [9.17, 15) is 0 Å². The average molecular weight is 262 g/mol. The summed E-state index contributed by atoms with van der Waals surface area (Å²) in [5.74, 6) is 1.45. The van der Waals surface area contributed by atoms with E-state index in [4.69, 9.17) is 5.73 Å². The minimum Gasteiger partial charge on any atom is -0.390 e. The van der Waals surface area contributed by atoms with Gasteiger partial charge in [-0.05, 0) is 24.4 Å². The van der Waals surface area contributed by atoms with Gasteiger partial charge in [0.1, 0.15) is 0 Å². The highest BCUT2D eigenvalue weighted by molar-refractivity contribution is 7.16. The highest BCUT2D eigenvalue weighted by Crippen LogP contribution is 2.32. The Labute approximate surface area is 106 Å². The smallest absolute Gasteiger partial charge is 0.184 e. The first-order valence-electron chi connectivity index (χ1n) is 5.06. The molecule has 86 valence electrons. The van der Waals surface area contributed by atoms with Gasteiger partial charge >= 0.3 is 0 Å². The molecule has 3 N–H and O–H groups in total. The first kappa shape index (κ1) is 10.5. The predicted molar refractivity (Wildman–Crippen MR) is 72.2 cm³/mol. The number of aromatic amines is 1. The van der Waals surface area contributed by atoms with Gasteiger partial charge in [-0.15, -0.1) is 22.7 Å². The highest BCUT2D eigenvalue weighted by atomic mass is 32.1. The Hall–Kier alpha value is -1.66. The molecular weight excluding hydrogens is 252 g/mol. The molecule has 3 aromatic rings. The third kappa shape index (κ3) is 1.85. The minimum atomic E-state index is 0.662. The van der Waals surface area contributed by atoms with Crippen molar-refractivity contribution >= 4 is 27.7 Å². The van der Waals surface area contributed by atoms with Crippen molar-refractivity contribution in [3.05, 3.63) is 28.5 Å². The highest BCUT2D eigenvalue weighted by Gasteiger charge is 2.12. The van der Waals surface area contributed by atoms with Crippen LogP contribution in [-0.4, -0.2) is 15.2 Å². The van der Waals surface area contributed by atoms with Crippen LogP contribution in [0, 0.1) is 6.92 Å². The monoisotopic (exact) mass is 262 g/mol. The number of rotatable bonds is 2. The van der Waals surface area contributed by atoms with Crippen molar-refractivity contribution in [3.63, 3.8) is 0 Å². The molecule has 0 saturated heterocycles. The molecule has 0 atom stereocenters. The molecule has 0 spiro atoms. The molecule has 3 aromatic heterocycles. The van der Waals surface area contributed by atoms with Gasteiger partial charge in [0.2, 0.25) is 0 Å². The van der Waals surface area contributed by atoms with E-state index in [2.05, 4.69) is 15.2 Å². The van der Waals surface area contributed by atoms with Crippen molar-refractivity contribution in [1.82, 2.24) is 15.2 Å². The van der Waals surface area contributed by atoms with Gasteiger partial charge in [0.05, 0.1) is 15.4 Å². The first-order valence-corrected chi connectivity index (χ1v) is 6.76. The van der Waals surface area contributed by atoms with Crippen molar-refractivity contribution in [1.29, 1.82) is 0 Å². The van der Waals surface area contributed by atoms with E-state index in [1.807, 2.05) is 30.5 Å². The summed E-state index contributed by atoms with van der Waals surface area (Å²) in [5.41, 5.74) is 6.84. The molecule has 0 aliphatic rings. The summed E-state index contributed by atoms with van der Waals surface area (Å²) in [5, 5.41) is 9.93. The molecule has 0 aromatic carbocycles. The Morgan fingerprint density at radius 2 is 2.29 bits per heavy atom. The lowest BCUT2D eigenvalue weighted by Crippen LogP contribution is -1.85. The summed E-state index contributed by atoms with van der Waals surface area (Å²) in [6, 6.07) is 6.02. The summed E-state index contributed by atoms with van der Waals surface area (Å²) in [4.78, 5) is 6.71. The molecule has 0 bridgehead atoms. The van der Waals surface area contributed by atoms with Crippen LogP contribution in [0.2, 0.25) is 0 Å². The van der Waals surface area contributed by atoms with E-state index < -0.39 is 0 Å². The van der Waals surface area contributed by atoms with Crippen LogP contribution in [0.15, 0.2) is 23.6 Å². The van der Waals surface area contributed by atoms with Crippen molar-refractivity contribution in [3.8, 4) is 22.1 Å². The van der Waals surface area contributed by atoms with E-state index >= 15 is 0 Å². The Morgan fingerprint density at radius 3 is 2.94 bits per heavy atom. The molecule has 6 heteroatoms. The van der Waals surface area contributed by atoms with Crippen LogP contribution in [0.5, 0.6) is 0 Å². The third-order valence-corrected chi connectivity index (χ3v) is 4.12. The lowest BCUT2D eigenvalue weighted by atomic mass is 10.3. The molecule has 0 aliphatic heterocycles. The molecule has 0 unspecified atom stereocenters. The quantitative estimate of drug-likeness (QED) is 0.745. The van der Waals surface area contributed by atoms with E-state index in [-0.39, 0.29) is 0 Å². The number of hydrogen-bond acceptors (Lipinski definition) is 5. The Balaban J connectivity index is 2.03. The number of nitrogens with one attached hydrogen (secondary N) is 1. The molecule has 3 heterocycles. The normalized spacial score (nSPS) is 10.9. The molecule has 0 fully saturated rings. The van der Waals surface area contributed by atoms with Crippen LogP contribution in [0.25, 0.3) is 22.1 Å². The maximum Gasteiger partial charge on any atom is 0.184 e. The van der Waals surface area contributed by atoms with E-state index in [1.165, 1.54) is 4.88 Å². The van der Waals surface area contributed by atoms with Gasteiger partial charge in [-0.25, -0.2) is 4.98 Å². The summed E-state index contributed by atoms with van der Waals surface area (Å²) in [6.45, 7) is 2.03. The topological polar surface area (TPSA) is 67.6 Å². The number of aromatic nitrogens is 3. The maximum atomic E-state index is 5.93. The second-order valence-electron chi connectivity index (χ2n) is 3.62. The van der Waals surface area contributed by atoms with Crippen molar-refractivity contribution in [2.45, 2.75) is 6.92 Å². The number of aryl methyl sites for hydroxylation is 1. The van der Waals surface area contributed by atoms with E-state index in [0.29, 0.717) is 5.82 Å². The summed E-state index contributed by atoms with van der Waals surface area (Å²) in [7, 11) is 0. The zero-order chi connectivity index (χ0) is 11.8. The van der Waals surface area contributed by atoms with E-state index in [0.717, 1.165) is 21.3 Å². The van der Waals surface area contributed by atoms with Gasteiger partial charge in [0, 0.05) is 4.88 Å². The van der Waals surface area contributed by atoms with Crippen LogP contribution in [0.4, 0.5) is 5.00 Å². The second kappa shape index (κ2) is 3.97. The van der Waals surface area contributed by atoms with Crippen LogP contribution in [-0.2, 0) is 0 Å². The van der Waals surface area contributed by atoms with Crippen molar-refractivity contribution in [2.75, 3.05) is 5.73 Å². The van der Waals surface area contributed by atoms with Crippen LogP contribution in [0.1, 0.15) is 4.88 Å². The average Bonchev–Trinajstić information content (AvgIpc) is 2.97. The largest absolute Gasteiger partial charge is 0.390 e. The molecule has 17 heavy (non-hydrogen) atoms. The number of H-pyrrole nitrogens is 1. The fraction of sp³-hybridized carbons (Fsp3) is 0.0909. The summed E-state index contributed by atoms with van der Waals surface area (Å²) < 4.78 is 0. The lowest BCUT2D eigenvalue weighted by molar-refractivity contribution is 1.10. The van der Waals surface area contributed by atoms with Crippen molar-refractivity contribution in [2.24, 2.45) is 0 Å².